The summed E-state index contributed by atoms with van der Waals surface area (Å²) in [4.78, 5) is 18.2. The molecule has 1 amide bonds. The summed E-state index contributed by atoms with van der Waals surface area (Å²) in [6, 6.07) is 1.65. The zero-order valence-corrected chi connectivity index (χ0v) is 12.0. The fourth-order valence-electron chi connectivity index (χ4n) is 1.78. The number of hydrazine groups is 1. The Kier molecular flexibility index (Phi) is 7.56. The van der Waals surface area contributed by atoms with Crippen LogP contribution in [0.4, 0.5) is 5.69 Å². The fraction of sp³-hybridized carbons (Fsp3) is 0.538. The van der Waals surface area contributed by atoms with E-state index in [1.54, 1.807) is 31.4 Å². The molecule has 0 saturated carbocycles. The lowest BCUT2D eigenvalue weighted by atomic mass is 10.2. The number of ether oxygens (including phenoxy) is 2. The Bertz CT molecular complexity index is 414. The van der Waals surface area contributed by atoms with E-state index in [9.17, 15) is 4.79 Å². The first-order valence-corrected chi connectivity index (χ1v) is 6.42. The number of nitrogens with zero attached hydrogens (tertiary/aromatic N) is 2. The molecule has 0 aromatic carbocycles. The lowest BCUT2D eigenvalue weighted by Crippen LogP contribution is -2.36. The minimum atomic E-state index is -0.103. The second-order valence-corrected chi connectivity index (χ2v) is 4.20. The van der Waals surface area contributed by atoms with Crippen molar-refractivity contribution in [3.63, 3.8) is 0 Å². The molecule has 20 heavy (non-hydrogen) atoms. The van der Waals surface area contributed by atoms with Crippen molar-refractivity contribution in [1.82, 2.24) is 9.88 Å². The molecule has 0 aliphatic heterocycles. The van der Waals surface area contributed by atoms with Gasteiger partial charge in [0.15, 0.2) is 0 Å². The molecule has 1 rings (SSSR count). The molecule has 0 aliphatic carbocycles. The number of methoxy groups -OCH3 is 2. The number of hydrogen-bond acceptors (Lipinski definition) is 6. The molecule has 112 valence electrons. The van der Waals surface area contributed by atoms with Crippen LogP contribution >= 0.6 is 0 Å². The molecule has 1 aromatic heterocycles. The number of rotatable bonds is 9. The van der Waals surface area contributed by atoms with Crippen molar-refractivity contribution in [3.8, 4) is 0 Å². The predicted molar refractivity (Wildman–Crippen MR) is 76.3 cm³/mol. The zero-order valence-electron chi connectivity index (χ0n) is 12.0. The zero-order chi connectivity index (χ0) is 14.8. The molecule has 0 saturated heterocycles. The van der Waals surface area contributed by atoms with Crippen LogP contribution in [0.3, 0.4) is 0 Å². The summed E-state index contributed by atoms with van der Waals surface area (Å²) in [6.45, 7) is 2.21. The molecule has 0 aliphatic rings. The minimum absolute atomic E-state index is 0.103. The highest BCUT2D eigenvalue weighted by atomic mass is 16.5. The Balaban J connectivity index is 2.79. The molecule has 1 heterocycles. The third kappa shape index (κ3) is 4.76. The topological polar surface area (TPSA) is 89.7 Å². The molecule has 0 atom stereocenters. The van der Waals surface area contributed by atoms with Gasteiger partial charge >= 0.3 is 0 Å². The normalized spacial score (nSPS) is 10.3. The monoisotopic (exact) mass is 282 g/mol. The summed E-state index contributed by atoms with van der Waals surface area (Å²) in [5.41, 5.74) is 3.49. The summed E-state index contributed by atoms with van der Waals surface area (Å²) in [6.07, 6.45) is 3.86. The van der Waals surface area contributed by atoms with E-state index < -0.39 is 0 Å². The van der Waals surface area contributed by atoms with Crippen LogP contribution in [0.25, 0.3) is 0 Å². The first-order valence-electron chi connectivity index (χ1n) is 6.42. The van der Waals surface area contributed by atoms with Gasteiger partial charge in [-0.2, -0.15) is 0 Å². The number of aromatic nitrogens is 1. The Labute approximate surface area is 119 Å². The van der Waals surface area contributed by atoms with Gasteiger partial charge in [-0.3, -0.25) is 15.6 Å². The molecule has 1 aromatic rings. The number of amides is 1. The summed E-state index contributed by atoms with van der Waals surface area (Å²) in [5, 5.41) is 0. The highest BCUT2D eigenvalue weighted by Gasteiger charge is 2.18. The fourth-order valence-corrected chi connectivity index (χ4v) is 1.78. The second-order valence-electron chi connectivity index (χ2n) is 4.20. The average molecular weight is 282 g/mol. The van der Waals surface area contributed by atoms with Gasteiger partial charge < -0.3 is 19.8 Å². The van der Waals surface area contributed by atoms with E-state index in [4.69, 9.17) is 15.3 Å². The lowest BCUT2D eigenvalue weighted by Gasteiger charge is -2.23. The molecule has 7 nitrogen and oxygen atoms in total. The van der Waals surface area contributed by atoms with Crippen LogP contribution in [0.1, 0.15) is 16.8 Å². The predicted octanol–water partition coefficient (Wildman–Crippen LogP) is 0.492. The van der Waals surface area contributed by atoms with Crippen LogP contribution in [0, 0.1) is 0 Å². The van der Waals surface area contributed by atoms with Gasteiger partial charge in [0, 0.05) is 40.1 Å². The minimum Gasteiger partial charge on any atom is -0.385 e. The van der Waals surface area contributed by atoms with Crippen molar-refractivity contribution in [2.24, 2.45) is 5.84 Å². The maximum absolute atomic E-state index is 12.5. The van der Waals surface area contributed by atoms with Crippen LogP contribution in [-0.4, -0.2) is 56.3 Å². The van der Waals surface area contributed by atoms with Crippen molar-refractivity contribution in [3.05, 3.63) is 24.0 Å². The SMILES string of the molecule is COCCCN(CCOC)C(=O)c1ccncc1NN. The lowest BCUT2D eigenvalue weighted by molar-refractivity contribution is 0.0675. The van der Waals surface area contributed by atoms with E-state index in [-0.39, 0.29) is 5.91 Å². The Hall–Kier alpha value is -1.70. The third-order valence-corrected chi connectivity index (χ3v) is 2.84. The maximum atomic E-state index is 12.5. The smallest absolute Gasteiger partial charge is 0.256 e. The highest BCUT2D eigenvalue weighted by molar-refractivity contribution is 5.99. The molecule has 0 unspecified atom stereocenters. The third-order valence-electron chi connectivity index (χ3n) is 2.84. The number of anilines is 1. The van der Waals surface area contributed by atoms with E-state index in [0.29, 0.717) is 37.6 Å². The van der Waals surface area contributed by atoms with Crippen LogP contribution in [0.15, 0.2) is 18.5 Å². The first kappa shape index (κ1) is 16.4. The van der Waals surface area contributed by atoms with Gasteiger partial charge in [0.25, 0.3) is 5.91 Å². The number of nitrogen functional groups attached to an aromatic ring is 1. The molecular formula is C13H22N4O3. The maximum Gasteiger partial charge on any atom is 0.256 e. The Morgan fingerprint density at radius 1 is 1.35 bits per heavy atom. The molecule has 0 spiro atoms. The Morgan fingerprint density at radius 2 is 2.10 bits per heavy atom. The van der Waals surface area contributed by atoms with E-state index >= 15 is 0 Å². The van der Waals surface area contributed by atoms with Crippen molar-refractivity contribution in [2.45, 2.75) is 6.42 Å². The van der Waals surface area contributed by atoms with Gasteiger partial charge in [-0.05, 0) is 12.5 Å². The summed E-state index contributed by atoms with van der Waals surface area (Å²) >= 11 is 0. The molecule has 0 radical (unpaired) electrons. The van der Waals surface area contributed by atoms with Gasteiger partial charge in [0.1, 0.15) is 0 Å². The van der Waals surface area contributed by atoms with Crippen LogP contribution in [0.5, 0.6) is 0 Å². The van der Waals surface area contributed by atoms with Crippen LogP contribution in [0.2, 0.25) is 0 Å². The highest BCUT2D eigenvalue weighted by Crippen LogP contribution is 2.15. The van der Waals surface area contributed by atoms with E-state index in [0.717, 1.165) is 6.42 Å². The first-order chi connectivity index (χ1) is 9.74. The van der Waals surface area contributed by atoms with E-state index in [1.807, 2.05) is 0 Å². The van der Waals surface area contributed by atoms with Gasteiger partial charge in [-0.25, -0.2) is 0 Å². The van der Waals surface area contributed by atoms with Crippen LogP contribution in [-0.2, 0) is 9.47 Å². The molecule has 0 bridgehead atoms. The Morgan fingerprint density at radius 3 is 2.75 bits per heavy atom. The number of nitrogens with two attached hydrogens (primary N) is 1. The van der Waals surface area contributed by atoms with Gasteiger partial charge in [0.05, 0.1) is 24.1 Å². The summed E-state index contributed by atoms with van der Waals surface area (Å²) in [7, 11) is 3.25. The van der Waals surface area contributed by atoms with E-state index in [2.05, 4.69) is 10.4 Å². The molecule has 0 fully saturated rings. The summed E-state index contributed by atoms with van der Waals surface area (Å²) < 4.78 is 10.1. The van der Waals surface area contributed by atoms with Crippen molar-refractivity contribution in [1.29, 1.82) is 0 Å². The van der Waals surface area contributed by atoms with Gasteiger partial charge in [0.2, 0.25) is 0 Å². The standard InChI is InChI=1S/C13H22N4O3/c1-19-8-3-6-17(7-9-20-2)13(18)11-4-5-15-10-12(11)16-14/h4-5,10,16H,3,6-9,14H2,1-2H3. The number of carbonyl (C=O) groups is 1. The number of pyridine rings is 1. The number of nitrogens with one attached hydrogen (secondary N) is 1. The molecule has 3 N–H and O–H groups in total. The largest absolute Gasteiger partial charge is 0.385 e. The molecule has 7 heteroatoms. The van der Waals surface area contributed by atoms with E-state index in [1.165, 1.54) is 6.20 Å². The average Bonchev–Trinajstić information content (AvgIpc) is 2.50. The van der Waals surface area contributed by atoms with Gasteiger partial charge in [-0.15, -0.1) is 0 Å². The summed E-state index contributed by atoms with van der Waals surface area (Å²) in [5.74, 6) is 5.30. The van der Waals surface area contributed by atoms with Crippen LogP contribution < -0.4 is 11.3 Å². The van der Waals surface area contributed by atoms with Crippen molar-refractivity contribution < 1.29 is 14.3 Å². The quantitative estimate of drug-likeness (QED) is 0.389. The second kappa shape index (κ2) is 9.24. The molecular weight excluding hydrogens is 260 g/mol. The van der Waals surface area contributed by atoms with Crippen molar-refractivity contribution >= 4 is 11.6 Å². The number of hydrogen-bond donors (Lipinski definition) is 2. The van der Waals surface area contributed by atoms with Gasteiger partial charge in [-0.1, -0.05) is 0 Å². The van der Waals surface area contributed by atoms with Crippen molar-refractivity contribution in [2.75, 3.05) is 45.9 Å². The number of carbonyl (C=O) groups excluding carboxylic acids is 1.